The van der Waals surface area contributed by atoms with E-state index in [9.17, 15) is 5.11 Å². The van der Waals surface area contributed by atoms with Gasteiger partial charge in [0.2, 0.25) is 0 Å². The predicted octanol–water partition coefficient (Wildman–Crippen LogP) is 1.45. The number of likely N-dealkylation sites (N-methyl/N-ethyl adjacent to an activating group) is 1. The van der Waals surface area contributed by atoms with Crippen LogP contribution in [0.15, 0.2) is 42.6 Å². The Morgan fingerprint density at radius 3 is 2.70 bits per heavy atom. The molecule has 1 unspecified atom stereocenters. The third-order valence-electron chi connectivity index (χ3n) is 2.74. The molecule has 1 rings (SSSR count). The van der Waals surface area contributed by atoms with Crippen LogP contribution in [0.25, 0.3) is 0 Å². The molecule has 0 saturated carbocycles. The van der Waals surface area contributed by atoms with Crippen LogP contribution in [0.5, 0.6) is 0 Å². The van der Waals surface area contributed by atoms with Gasteiger partial charge in [-0.3, -0.25) is 5.41 Å². The number of hydrogen-bond acceptors (Lipinski definition) is 4. The van der Waals surface area contributed by atoms with Crippen molar-refractivity contribution in [2.45, 2.75) is 19.1 Å². The van der Waals surface area contributed by atoms with Crippen molar-refractivity contribution in [3.8, 4) is 11.8 Å². The zero-order valence-electron chi connectivity index (χ0n) is 11.9. The Morgan fingerprint density at radius 1 is 1.40 bits per heavy atom. The molecule has 0 bridgehead atoms. The Labute approximate surface area is 120 Å². The van der Waals surface area contributed by atoms with Crippen molar-refractivity contribution in [2.75, 3.05) is 13.6 Å². The van der Waals surface area contributed by atoms with Crippen molar-refractivity contribution < 1.29 is 5.11 Å². The van der Waals surface area contributed by atoms with Crippen LogP contribution in [-0.4, -0.2) is 30.5 Å². The number of benzene rings is 1. The van der Waals surface area contributed by atoms with Crippen LogP contribution >= 0.6 is 0 Å². The zero-order chi connectivity index (χ0) is 14.8. The van der Waals surface area contributed by atoms with Gasteiger partial charge in [-0.15, -0.1) is 0 Å². The summed E-state index contributed by atoms with van der Waals surface area (Å²) < 4.78 is 0. The molecule has 2 atom stereocenters. The maximum atomic E-state index is 10.2. The Hall–Kier alpha value is -2.09. The first-order valence-electron chi connectivity index (χ1n) is 6.50. The van der Waals surface area contributed by atoms with E-state index in [1.54, 1.807) is 26.2 Å². The maximum Gasteiger partial charge on any atom is 0.105 e. The summed E-state index contributed by atoms with van der Waals surface area (Å²) >= 11 is 0. The van der Waals surface area contributed by atoms with Gasteiger partial charge in [-0.2, -0.15) is 0 Å². The van der Waals surface area contributed by atoms with Crippen molar-refractivity contribution in [1.29, 1.82) is 5.41 Å². The van der Waals surface area contributed by atoms with Gasteiger partial charge in [0.25, 0.3) is 0 Å². The molecule has 0 aromatic heterocycles. The Bertz CT molecular complexity index is 499. The summed E-state index contributed by atoms with van der Waals surface area (Å²) in [7, 11) is 1.80. The molecule has 0 saturated heterocycles. The standard InChI is InChI=1S/C16H21N3O/c1-3-7-14(17)10-11-19-16(15(20)12-18-2)13-8-5-4-6-9-13/h4-6,8-11,15-20H,12H2,1-2H3/b11-10-,17-14?/t15-,16?/m0/s1. The van der Waals surface area contributed by atoms with Crippen molar-refractivity contribution in [3.63, 3.8) is 0 Å². The molecular formula is C16H21N3O. The smallest absolute Gasteiger partial charge is 0.105 e. The topological polar surface area (TPSA) is 68.1 Å². The molecular weight excluding hydrogens is 250 g/mol. The van der Waals surface area contributed by atoms with Gasteiger partial charge in [-0.25, -0.2) is 0 Å². The molecule has 0 aliphatic carbocycles. The molecule has 106 valence electrons. The van der Waals surface area contributed by atoms with Crippen molar-refractivity contribution >= 4 is 5.71 Å². The molecule has 1 aromatic carbocycles. The lowest BCUT2D eigenvalue weighted by molar-refractivity contribution is 0.134. The second-order valence-corrected chi connectivity index (χ2v) is 4.30. The highest BCUT2D eigenvalue weighted by Crippen LogP contribution is 2.16. The minimum Gasteiger partial charge on any atom is -0.389 e. The van der Waals surface area contributed by atoms with Gasteiger partial charge in [0.15, 0.2) is 0 Å². The summed E-state index contributed by atoms with van der Waals surface area (Å²) in [5.41, 5.74) is 1.22. The first-order valence-corrected chi connectivity index (χ1v) is 6.50. The highest BCUT2D eigenvalue weighted by Gasteiger charge is 2.18. The van der Waals surface area contributed by atoms with Crippen molar-refractivity contribution in [1.82, 2.24) is 10.6 Å². The molecule has 1 aromatic rings. The molecule has 0 spiro atoms. The predicted molar refractivity (Wildman–Crippen MR) is 82.6 cm³/mol. The van der Waals surface area contributed by atoms with E-state index in [-0.39, 0.29) is 11.8 Å². The summed E-state index contributed by atoms with van der Waals surface area (Å²) in [6, 6.07) is 9.49. The number of aliphatic hydroxyl groups is 1. The molecule has 0 aliphatic heterocycles. The molecule has 4 heteroatoms. The lowest BCUT2D eigenvalue weighted by atomic mass is 10.0. The normalized spacial score (nSPS) is 13.3. The average Bonchev–Trinajstić information content (AvgIpc) is 2.45. The zero-order valence-corrected chi connectivity index (χ0v) is 11.9. The van der Waals surface area contributed by atoms with Crippen LogP contribution in [0, 0.1) is 17.3 Å². The number of nitrogens with one attached hydrogen (secondary N) is 3. The Morgan fingerprint density at radius 2 is 2.10 bits per heavy atom. The highest BCUT2D eigenvalue weighted by molar-refractivity contribution is 6.06. The van der Waals surface area contributed by atoms with E-state index in [1.807, 2.05) is 30.3 Å². The minimum atomic E-state index is -0.571. The van der Waals surface area contributed by atoms with E-state index in [1.165, 1.54) is 0 Å². The second kappa shape index (κ2) is 8.92. The third-order valence-corrected chi connectivity index (χ3v) is 2.74. The van der Waals surface area contributed by atoms with Crippen LogP contribution in [0.1, 0.15) is 18.5 Å². The van der Waals surface area contributed by atoms with E-state index >= 15 is 0 Å². The van der Waals surface area contributed by atoms with Crippen molar-refractivity contribution in [2.24, 2.45) is 0 Å². The molecule has 0 radical (unpaired) electrons. The minimum absolute atomic E-state index is 0.231. The number of hydrogen-bond donors (Lipinski definition) is 4. The fourth-order valence-corrected chi connectivity index (χ4v) is 1.83. The largest absolute Gasteiger partial charge is 0.389 e. The summed E-state index contributed by atoms with van der Waals surface area (Å²) in [4.78, 5) is 0. The lowest BCUT2D eigenvalue weighted by Crippen LogP contribution is -2.35. The Kier molecular flexibility index (Phi) is 7.12. The molecule has 0 fully saturated rings. The molecule has 0 heterocycles. The third kappa shape index (κ3) is 5.27. The maximum absolute atomic E-state index is 10.2. The Balaban J connectivity index is 2.78. The SMILES string of the molecule is CC#CC(=N)/C=C\NC(c1ccccc1)[C@@H](O)CNC. The van der Waals surface area contributed by atoms with Crippen LogP contribution < -0.4 is 10.6 Å². The van der Waals surface area contributed by atoms with Gasteiger partial charge in [0.05, 0.1) is 12.1 Å². The van der Waals surface area contributed by atoms with E-state index in [0.717, 1.165) is 5.56 Å². The fraction of sp³-hybridized carbons (Fsp3) is 0.312. The van der Waals surface area contributed by atoms with Crippen LogP contribution in [0.2, 0.25) is 0 Å². The molecule has 0 amide bonds. The van der Waals surface area contributed by atoms with Gasteiger partial charge < -0.3 is 15.7 Å². The fourth-order valence-electron chi connectivity index (χ4n) is 1.83. The average molecular weight is 271 g/mol. The molecule has 4 N–H and O–H groups in total. The van der Waals surface area contributed by atoms with Gasteiger partial charge in [0, 0.05) is 6.54 Å². The van der Waals surface area contributed by atoms with E-state index < -0.39 is 6.10 Å². The first kappa shape index (κ1) is 16.0. The van der Waals surface area contributed by atoms with Crippen molar-refractivity contribution in [3.05, 3.63) is 48.2 Å². The molecule has 20 heavy (non-hydrogen) atoms. The molecule has 0 aliphatic rings. The monoisotopic (exact) mass is 271 g/mol. The van der Waals surface area contributed by atoms with Gasteiger partial charge in [-0.05, 0) is 37.7 Å². The lowest BCUT2D eigenvalue weighted by Gasteiger charge is -2.23. The van der Waals surface area contributed by atoms with E-state index in [0.29, 0.717) is 6.54 Å². The van der Waals surface area contributed by atoms with Crippen LogP contribution in [0.4, 0.5) is 0 Å². The number of aliphatic hydroxyl groups excluding tert-OH is 1. The van der Waals surface area contributed by atoms with E-state index in [4.69, 9.17) is 5.41 Å². The summed E-state index contributed by atoms with van der Waals surface area (Å²) in [6.45, 7) is 2.17. The summed E-state index contributed by atoms with van der Waals surface area (Å²) in [5, 5.41) is 23.8. The first-order chi connectivity index (χ1) is 9.69. The summed E-state index contributed by atoms with van der Waals surface area (Å²) in [5.74, 6) is 5.31. The van der Waals surface area contributed by atoms with Crippen LogP contribution in [-0.2, 0) is 0 Å². The quantitative estimate of drug-likeness (QED) is 0.448. The van der Waals surface area contributed by atoms with Gasteiger partial charge in [0.1, 0.15) is 5.71 Å². The number of rotatable bonds is 7. The highest BCUT2D eigenvalue weighted by atomic mass is 16.3. The van der Waals surface area contributed by atoms with E-state index in [2.05, 4.69) is 22.5 Å². The molecule has 4 nitrogen and oxygen atoms in total. The van der Waals surface area contributed by atoms with Crippen LogP contribution in [0.3, 0.4) is 0 Å². The van der Waals surface area contributed by atoms with Gasteiger partial charge >= 0.3 is 0 Å². The van der Waals surface area contributed by atoms with Gasteiger partial charge in [-0.1, -0.05) is 36.3 Å². The summed E-state index contributed by atoms with van der Waals surface area (Å²) in [6.07, 6.45) is 2.67. The number of allylic oxidation sites excluding steroid dienone is 1. The second-order valence-electron chi connectivity index (χ2n) is 4.30.